The Labute approximate surface area is 121 Å². The molecule has 1 saturated heterocycles. The van der Waals surface area contributed by atoms with Crippen LogP contribution in [0.15, 0.2) is 30.5 Å². The number of carbonyl (C=O) groups is 1. The Kier molecular flexibility index (Phi) is 3.51. The normalized spacial score (nSPS) is 18.7. The monoisotopic (exact) mass is 285 g/mol. The van der Waals surface area contributed by atoms with Gasteiger partial charge in [-0.05, 0) is 37.5 Å². The van der Waals surface area contributed by atoms with Crippen LogP contribution in [-0.2, 0) is 4.79 Å². The molecule has 1 aliphatic rings. The van der Waals surface area contributed by atoms with Crippen molar-refractivity contribution >= 4 is 28.6 Å². The fraction of sp³-hybridized carbons (Fsp3) is 0.333. The van der Waals surface area contributed by atoms with Gasteiger partial charge < -0.3 is 9.69 Å². The maximum absolute atomic E-state index is 11.3. The summed E-state index contributed by atoms with van der Waals surface area (Å²) >= 11 is 0. The number of anilines is 1. The second kappa shape index (κ2) is 5.47. The number of carbonyl (C=O) groups excluding carboxylic acids is 1. The molecule has 1 aliphatic heterocycles. The molecule has 1 aromatic heterocycles. The smallest absolute Gasteiger partial charge is 0.295 e. The van der Waals surface area contributed by atoms with Crippen LogP contribution in [0.4, 0.5) is 11.4 Å². The first-order valence-electron chi connectivity index (χ1n) is 6.96. The summed E-state index contributed by atoms with van der Waals surface area (Å²) < 4.78 is 0. The molecular weight excluding hydrogens is 270 g/mol. The lowest BCUT2D eigenvalue weighted by atomic mass is 10.0. The van der Waals surface area contributed by atoms with Crippen molar-refractivity contribution in [2.75, 3.05) is 11.4 Å². The van der Waals surface area contributed by atoms with Crippen molar-refractivity contribution in [2.24, 2.45) is 0 Å². The van der Waals surface area contributed by atoms with E-state index in [2.05, 4.69) is 4.98 Å². The molecule has 2 heterocycles. The quantitative estimate of drug-likeness (QED) is 0.492. The second-order valence-corrected chi connectivity index (χ2v) is 5.15. The molecule has 1 unspecified atom stereocenters. The fourth-order valence-corrected chi connectivity index (χ4v) is 2.94. The molecule has 0 aliphatic carbocycles. The van der Waals surface area contributed by atoms with Gasteiger partial charge >= 0.3 is 0 Å². The van der Waals surface area contributed by atoms with E-state index in [-0.39, 0.29) is 11.7 Å². The third kappa shape index (κ3) is 2.33. The van der Waals surface area contributed by atoms with Gasteiger partial charge in [-0.15, -0.1) is 0 Å². The van der Waals surface area contributed by atoms with E-state index in [1.165, 1.54) is 6.07 Å². The summed E-state index contributed by atoms with van der Waals surface area (Å²) in [6.07, 6.45) is 5.38. The van der Waals surface area contributed by atoms with Crippen molar-refractivity contribution in [2.45, 2.75) is 25.3 Å². The maximum Gasteiger partial charge on any atom is 0.295 e. The van der Waals surface area contributed by atoms with E-state index in [0.29, 0.717) is 5.52 Å². The SMILES string of the molecule is O=CC1CCCCN1c1ccc([N+](=O)[O-])c2ncccc12. The molecule has 3 rings (SSSR count). The Bertz CT molecular complexity index is 702. The molecule has 21 heavy (non-hydrogen) atoms. The maximum atomic E-state index is 11.3. The molecular formula is C15H15N3O3. The van der Waals surface area contributed by atoms with Crippen molar-refractivity contribution in [3.8, 4) is 0 Å². The van der Waals surface area contributed by atoms with Crippen molar-refractivity contribution in [1.82, 2.24) is 4.98 Å². The van der Waals surface area contributed by atoms with Crippen molar-refractivity contribution in [3.63, 3.8) is 0 Å². The zero-order valence-corrected chi connectivity index (χ0v) is 11.4. The number of pyridine rings is 1. The van der Waals surface area contributed by atoms with Crippen LogP contribution in [-0.4, -0.2) is 28.8 Å². The number of nitrogens with zero attached hydrogens (tertiary/aromatic N) is 3. The van der Waals surface area contributed by atoms with Crippen LogP contribution >= 0.6 is 0 Å². The van der Waals surface area contributed by atoms with E-state index in [9.17, 15) is 14.9 Å². The first kappa shape index (κ1) is 13.5. The van der Waals surface area contributed by atoms with Gasteiger partial charge in [-0.1, -0.05) is 0 Å². The Hall–Kier alpha value is -2.50. The van der Waals surface area contributed by atoms with Gasteiger partial charge in [0.2, 0.25) is 0 Å². The molecule has 0 amide bonds. The van der Waals surface area contributed by atoms with Crippen LogP contribution in [0, 0.1) is 10.1 Å². The van der Waals surface area contributed by atoms with Crippen LogP contribution in [0.3, 0.4) is 0 Å². The van der Waals surface area contributed by atoms with Crippen LogP contribution in [0.25, 0.3) is 10.9 Å². The predicted octanol–water partition coefficient (Wildman–Crippen LogP) is 2.70. The first-order chi connectivity index (χ1) is 10.2. The van der Waals surface area contributed by atoms with Crippen molar-refractivity contribution < 1.29 is 9.72 Å². The van der Waals surface area contributed by atoms with Crippen LogP contribution in [0.1, 0.15) is 19.3 Å². The fourth-order valence-electron chi connectivity index (χ4n) is 2.94. The minimum absolute atomic E-state index is 0.00554. The van der Waals surface area contributed by atoms with Gasteiger partial charge in [-0.3, -0.25) is 10.1 Å². The van der Waals surface area contributed by atoms with E-state index >= 15 is 0 Å². The standard InChI is InChI=1S/C15H15N3O3/c19-10-11-4-1-2-9-17(11)13-6-7-14(18(20)21)15-12(13)5-3-8-16-15/h3,5-8,10-11H,1-2,4,9H2. The third-order valence-corrected chi connectivity index (χ3v) is 3.94. The number of hydrogen-bond acceptors (Lipinski definition) is 5. The molecule has 1 aromatic carbocycles. The Morgan fingerprint density at radius 1 is 1.33 bits per heavy atom. The number of nitro groups is 1. The van der Waals surface area contributed by atoms with Gasteiger partial charge in [0.25, 0.3) is 5.69 Å². The molecule has 0 radical (unpaired) electrons. The lowest BCUT2D eigenvalue weighted by Gasteiger charge is -2.34. The van der Waals surface area contributed by atoms with Gasteiger partial charge in [0, 0.05) is 29.9 Å². The highest BCUT2D eigenvalue weighted by molar-refractivity contribution is 5.98. The van der Waals surface area contributed by atoms with Crippen molar-refractivity contribution in [3.05, 3.63) is 40.6 Å². The van der Waals surface area contributed by atoms with Crippen LogP contribution in [0.5, 0.6) is 0 Å². The highest BCUT2D eigenvalue weighted by Gasteiger charge is 2.25. The average molecular weight is 285 g/mol. The van der Waals surface area contributed by atoms with Gasteiger partial charge in [0.05, 0.1) is 11.0 Å². The summed E-state index contributed by atoms with van der Waals surface area (Å²) in [5.74, 6) is 0. The molecule has 2 aromatic rings. The number of fused-ring (bicyclic) bond motifs is 1. The van der Waals surface area contributed by atoms with E-state index in [4.69, 9.17) is 0 Å². The summed E-state index contributed by atoms with van der Waals surface area (Å²) in [7, 11) is 0. The molecule has 1 atom stereocenters. The number of rotatable bonds is 3. The number of hydrogen-bond donors (Lipinski definition) is 0. The van der Waals surface area contributed by atoms with E-state index in [1.807, 2.05) is 11.0 Å². The highest BCUT2D eigenvalue weighted by atomic mass is 16.6. The molecule has 0 spiro atoms. The second-order valence-electron chi connectivity index (χ2n) is 5.15. The number of non-ortho nitro benzene ring substituents is 1. The number of aldehydes is 1. The minimum Gasteiger partial charge on any atom is -0.361 e. The summed E-state index contributed by atoms with van der Waals surface area (Å²) in [6, 6.07) is 6.62. The lowest BCUT2D eigenvalue weighted by molar-refractivity contribution is -0.383. The van der Waals surface area contributed by atoms with E-state index < -0.39 is 4.92 Å². The Morgan fingerprint density at radius 2 is 2.19 bits per heavy atom. The number of benzene rings is 1. The van der Waals surface area contributed by atoms with E-state index in [0.717, 1.165) is 43.2 Å². The summed E-state index contributed by atoms with van der Waals surface area (Å²) in [5, 5.41) is 11.8. The average Bonchev–Trinajstić information content (AvgIpc) is 2.53. The Morgan fingerprint density at radius 3 is 2.95 bits per heavy atom. The molecule has 0 saturated carbocycles. The molecule has 108 valence electrons. The molecule has 0 N–H and O–H groups in total. The largest absolute Gasteiger partial charge is 0.361 e. The zero-order chi connectivity index (χ0) is 14.8. The minimum atomic E-state index is -0.424. The number of piperidine rings is 1. The molecule has 1 fully saturated rings. The Balaban J connectivity index is 2.17. The van der Waals surface area contributed by atoms with Gasteiger partial charge in [0.15, 0.2) is 0 Å². The van der Waals surface area contributed by atoms with Crippen LogP contribution < -0.4 is 4.90 Å². The van der Waals surface area contributed by atoms with Gasteiger partial charge in [0.1, 0.15) is 11.8 Å². The number of nitro benzene ring substituents is 1. The zero-order valence-electron chi connectivity index (χ0n) is 11.4. The first-order valence-corrected chi connectivity index (χ1v) is 6.96. The number of aromatic nitrogens is 1. The highest BCUT2D eigenvalue weighted by Crippen LogP contribution is 2.34. The summed E-state index contributed by atoms with van der Waals surface area (Å²) in [4.78, 5) is 28.2. The predicted molar refractivity (Wildman–Crippen MR) is 79.4 cm³/mol. The molecule has 0 bridgehead atoms. The molecule has 6 nitrogen and oxygen atoms in total. The van der Waals surface area contributed by atoms with Gasteiger partial charge in [-0.2, -0.15) is 0 Å². The summed E-state index contributed by atoms with van der Waals surface area (Å²) in [5.41, 5.74) is 1.21. The van der Waals surface area contributed by atoms with Crippen LogP contribution in [0.2, 0.25) is 0 Å². The third-order valence-electron chi connectivity index (χ3n) is 3.94. The molecule has 6 heteroatoms. The lowest BCUT2D eigenvalue weighted by Crippen LogP contribution is -2.40. The van der Waals surface area contributed by atoms with E-state index in [1.54, 1.807) is 18.3 Å². The van der Waals surface area contributed by atoms with Gasteiger partial charge in [-0.25, -0.2) is 4.98 Å². The van der Waals surface area contributed by atoms with Crippen molar-refractivity contribution in [1.29, 1.82) is 0 Å². The topological polar surface area (TPSA) is 76.3 Å². The summed E-state index contributed by atoms with van der Waals surface area (Å²) in [6.45, 7) is 0.783.